The lowest BCUT2D eigenvalue weighted by Gasteiger charge is -2.15. The van der Waals surface area contributed by atoms with E-state index >= 15 is 0 Å². The molecule has 134 valence electrons. The Labute approximate surface area is 142 Å². The van der Waals surface area contributed by atoms with E-state index < -0.39 is 17.9 Å². The molecule has 0 saturated heterocycles. The Morgan fingerprint density at radius 1 is 1.04 bits per heavy atom. The van der Waals surface area contributed by atoms with Crippen molar-refractivity contribution in [3.63, 3.8) is 0 Å². The molecule has 0 bridgehead atoms. The maximum absolute atomic E-state index is 13.0. The molecule has 0 aliphatic heterocycles. The molecule has 1 heterocycles. The van der Waals surface area contributed by atoms with Gasteiger partial charge in [-0.1, -0.05) is 0 Å². The highest BCUT2D eigenvalue weighted by Crippen LogP contribution is 2.31. The fraction of sp³-hybridized carbons (Fsp3) is 0.312. The molecule has 0 saturated carbocycles. The van der Waals surface area contributed by atoms with Crippen LogP contribution < -0.4 is 9.64 Å². The number of carbonyl (C=O) groups excluding carboxylic acids is 1. The van der Waals surface area contributed by atoms with Crippen LogP contribution >= 0.6 is 0 Å². The Hall–Kier alpha value is -2.84. The van der Waals surface area contributed by atoms with Crippen LogP contribution in [0.2, 0.25) is 0 Å². The minimum atomic E-state index is -4.62. The largest absolute Gasteiger partial charge is 0.433 e. The maximum Gasteiger partial charge on any atom is 0.433 e. The molecule has 6 nitrogen and oxygen atoms in total. The minimum absolute atomic E-state index is 0.0664. The van der Waals surface area contributed by atoms with Crippen molar-refractivity contribution in [3.8, 4) is 11.8 Å². The van der Waals surface area contributed by atoms with Crippen LogP contribution in [-0.2, 0) is 6.18 Å². The number of hydrogen-bond donors (Lipinski definition) is 0. The second-order valence-electron chi connectivity index (χ2n) is 5.61. The van der Waals surface area contributed by atoms with Crippen molar-refractivity contribution < 1.29 is 22.7 Å². The Morgan fingerprint density at radius 3 is 2.12 bits per heavy atom. The van der Waals surface area contributed by atoms with E-state index in [1.807, 2.05) is 0 Å². The number of hydrogen-bond acceptors (Lipinski definition) is 5. The quantitative estimate of drug-likeness (QED) is 0.845. The summed E-state index contributed by atoms with van der Waals surface area (Å²) in [6.07, 6.45) is -4.62. The number of rotatable bonds is 4. The van der Waals surface area contributed by atoms with Crippen LogP contribution in [0.5, 0.6) is 11.8 Å². The summed E-state index contributed by atoms with van der Waals surface area (Å²) in [5.74, 6) is 0.0906. The number of alkyl halides is 3. The van der Waals surface area contributed by atoms with Gasteiger partial charge in [0, 0.05) is 39.8 Å². The molecule has 2 aromatic rings. The van der Waals surface area contributed by atoms with Crippen molar-refractivity contribution in [3.05, 3.63) is 41.6 Å². The van der Waals surface area contributed by atoms with Crippen molar-refractivity contribution in [1.29, 1.82) is 0 Å². The molecule has 0 aliphatic carbocycles. The number of aromatic nitrogens is 2. The average Bonchev–Trinajstić information content (AvgIpc) is 2.53. The molecule has 9 heteroatoms. The van der Waals surface area contributed by atoms with Gasteiger partial charge in [-0.05, 0) is 24.3 Å². The standard InChI is InChI=1S/C16H17F3N4O2/c1-22(2)13-9-12(16(17,18)19)20-15(21-13)25-11-7-5-10(6-8-11)14(24)23(3)4/h5-9H,1-4H3. The zero-order valence-electron chi connectivity index (χ0n) is 14.1. The summed E-state index contributed by atoms with van der Waals surface area (Å²) < 4.78 is 44.2. The number of ether oxygens (including phenoxy) is 1. The smallest absolute Gasteiger partial charge is 0.424 e. The Bertz CT molecular complexity index is 759. The zero-order valence-corrected chi connectivity index (χ0v) is 14.1. The van der Waals surface area contributed by atoms with Crippen LogP contribution in [-0.4, -0.2) is 49.0 Å². The van der Waals surface area contributed by atoms with E-state index in [-0.39, 0.29) is 17.5 Å². The van der Waals surface area contributed by atoms with Gasteiger partial charge in [0.15, 0.2) is 5.69 Å². The SMILES string of the molecule is CN(C)C(=O)c1ccc(Oc2nc(N(C)C)cc(C(F)(F)F)n2)cc1. The van der Waals surface area contributed by atoms with Crippen molar-refractivity contribution >= 4 is 11.7 Å². The molecule has 0 aliphatic rings. The monoisotopic (exact) mass is 354 g/mol. The van der Waals surface area contributed by atoms with Gasteiger partial charge in [-0.3, -0.25) is 4.79 Å². The molecule has 0 radical (unpaired) electrons. The summed E-state index contributed by atoms with van der Waals surface area (Å²) in [7, 11) is 6.36. The van der Waals surface area contributed by atoms with Crippen LogP contribution in [0.25, 0.3) is 0 Å². The molecule has 0 N–H and O–H groups in total. The third-order valence-electron chi connectivity index (χ3n) is 3.16. The first-order valence-electron chi connectivity index (χ1n) is 7.21. The van der Waals surface area contributed by atoms with Gasteiger partial charge in [0.1, 0.15) is 11.6 Å². The summed E-state index contributed by atoms with van der Waals surface area (Å²) in [5, 5.41) is 0. The Balaban J connectivity index is 2.30. The molecule has 2 rings (SSSR count). The molecule has 1 aromatic carbocycles. The van der Waals surface area contributed by atoms with E-state index in [4.69, 9.17) is 4.74 Å². The summed E-state index contributed by atoms with van der Waals surface area (Å²) in [5.41, 5.74) is -0.670. The van der Waals surface area contributed by atoms with Crippen LogP contribution in [0.4, 0.5) is 19.0 Å². The zero-order chi connectivity index (χ0) is 18.8. The Morgan fingerprint density at radius 2 is 1.64 bits per heavy atom. The number of nitrogens with zero attached hydrogens (tertiary/aromatic N) is 4. The van der Waals surface area contributed by atoms with Crippen molar-refractivity contribution in [1.82, 2.24) is 14.9 Å². The average molecular weight is 354 g/mol. The van der Waals surface area contributed by atoms with Gasteiger partial charge < -0.3 is 14.5 Å². The molecule has 1 aromatic heterocycles. The third kappa shape index (κ3) is 4.59. The highest BCUT2D eigenvalue weighted by Gasteiger charge is 2.34. The van der Waals surface area contributed by atoms with Gasteiger partial charge >= 0.3 is 12.2 Å². The lowest BCUT2D eigenvalue weighted by molar-refractivity contribution is -0.141. The molecular formula is C16H17F3N4O2. The van der Waals surface area contributed by atoms with E-state index in [0.717, 1.165) is 6.07 Å². The van der Waals surface area contributed by atoms with E-state index in [0.29, 0.717) is 5.56 Å². The van der Waals surface area contributed by atoms with Gasteiger partial charge in [-0.2, -0.15) is 23.1 Å². The van der Waals surface area contributed by atoms with Crippen molar-refractivity contribution in [2.75, 3.05) is 33.1 Å². The lowest BCUT2D eigenvalue weighted by atomic mass is 10.2. The van der Waals surface area contributed by atoms with Crippen LogP contribution in [0.3, 0.4) is 0 Å². The molecule has 0 unspecified atom stereocenters. The number of anilines is 1. The van der Waals surface area contributed by atoms with Crippen molar-refractivity contribution in [2.24, 2.45) is 0 Å². The molecular weight excluding hydrogens is 337 g/mol. The summed E-state index contributed by atoms with van der Waals surface area (Å²) >= 11 is 0. The second kappa shape index (κ2) is 6.96. The van der Waals surface area contributed by atoms with Crippen LogP contribution in [0.1, 0.15) is 16.1 Å². The first-order valence-corrected chi connectivity index (χ1v) is 7.21. The predicted molar refractivity (Wildman–Crippen MR) is 85.9 cm³/mol. The molecule has 25 heavy (non-hydrogen) atoms. The van der Waals surface area contributed by atoms with Gasteiger partial charge in [0.05, 0.1) is 0 Å². The van der Waals surface area contributed by atoms with Gasteiger partial charge in [0.25, 0.3) is 5.91 Å². The summed E-state index contributed by atoms with van der Waals surface area (Å²) in [4.78, 5) is 22.0. The topological polar surface area (TPSA) is 58.6 Å². The molecule has 0 spiro atoms. The molecule has 0 atom stereocenters. The van der Waals surface area contributed by atoms with Crippen molar-refractivity contribution in [2.45, 2.75) is 6.18 Å². The summed E-state index contributed by atoms with van der Waals surface area (Å²) in [6.45, 7) is 0. The van der Waals surface area contributed by atoms with E-state index in [9.17, 15) is 18.0 Å². The number of carbonyl (C=O) groups is 1. The second-order valence-corrected chi connectivity index (χ2v) is 5.61. The lowest BCUT2D eigenvalue weighted by Crippen LogP contribution is -2.21. The van der Waals surface area contributed by atoms with E-state index in [1.54, 1.807) is 28.2 Å². The van der Waals surface area contributed by atoms with Gasteiger partial charge in [-0.15, -0.1) is 0 Å². The highest BCUT2D eigenvalue weighted by atomic mass is 19.4. The highest BCUT2D eigenvalue weighted by molar-refractivity contribution is 5.93. The fourth-order valence-corrected chi connectivity index (χ4v) is 1.86. The first-order chi connectivity index (χ1) is 11.6. The normalized spacial score (nSPS) is 11.2. The van der Waals surface area contributed by atoms with E-state index in [2.05, 4.69) is 9.97 Å². The van der Waals surface area contributed by atoms with Gasteiger partial charge in [0.2, 0.25) is 0 Å². The number of halogens is 3. The van der Waals surface area contributed by atoms with Crippen LogP contribution in [0.15, 0.2) is 30.3 Å². The molecule has 1 amide bonds. The van der Waals surface area contributed by atoms with Gasteiger partial charge in [-0.25, -0.2) is 0 Å². The first kappa shape index (κ1) is 18.5. The molecule has 0 fully saturated rings. The van der Waals surface area contributed by atoms with Crippen LogP contribution in [0, 0.1) is 0 Å². The third-order valence-corrected chi connectivity index (χ3v) is 3.16. The summed E-state index contributed by atoms with van der Waals surface area (Å²) in [6, 6.07) is 6.37. The fourth-order valence-electron chi connectivity index (χ4n) is 1.86. The number of amides is 1. The minimum Gasteiger partial charge on any atom is -0.424 e. The predicted octanol–water partition coefficient (Wildman–Crippen LogP) is 3.06. The maximum atomic E-state index is 13.0. The number of benzene rings is 1. The van der Waals surface area contributed by atoms with E-state index in [1.165, 1.54) is 34.1 Å². The Kier molecular flexibility index (Phi) is 5.15.